The van der Waals surface area contributed by atoms with Gasteiger partial charge < -0.3 is 14.4 Å². The lowest BCUT2D eigenvalue weighted by Gasteiger charge is -2.37. The Morgan fingerprint density at radius 1 is 0.971 bits per heavy atom. The van der Waals surface area contributed by atoms with E-state index in [1.54, 1.807) is 38.1 Å². The fourth-order valence-corrected chi connectivity index (χ4v) is 4.42. The number of rotatable bonds is 6. The van der Waals surface area contributed by atoms with Gasteiger partial charge in [-0.2, -0.15) is 5.26 Å². The molecule has 4 rings (SSSR count). The molecule has 0 aromatic heterocycles. The quantitative estimate of drug-likeness (QED) is 0.611. The number of allylic oxidation sites excluding steroid dienone is 3. The molecule has 2 aromatic carbocycles. The molecule has 2 aliphatic rings. The van der Waals surface area contributed by atoms with Gasteiger partial charge in [-0.05, 0) is 31.9 Å². The lowest BCUT2D eigenvalue weighted by atomic mass is 9.87. The molecule has 0 saturated heterocycles. The van der Waals surface area contributed by atoms with E-state index in [9.17, 15) is 19.6 Å². The molecule has 7 heteroatoms. The zero-order valence-electron chi connectivity index (χ0n) is 19.3. The molecule has 0 bridgehead atoms. The van der Waals surface area contributed by atoms with E-state index in [4.69, 9.17) is 9.47 Å². The third-order valence-electron chi connectivity index (χ3n) is 5.88. The van der Waals surface area contributed by atoms with Gasteiger partial charge in [0.15, 0.2) is 11.8 Å². The summed E-state index contributed by atoms with van der Waals surface area (Å²) >= 11 is 0. The minimum absolute atomic E-state index is 0.0136. The van der Waals surface area contributed by atoms with Gasteiger partial charge in [0.05, 0.1) is 24.4 Å². The van der Waals surface area contributed by atoms with Crippen LogP contribution in [-0.4, -0.2) is 41.9 Å². The van der Waals surface area contributed by atoms with Crippen molar-refractivity contribution < 1.29 is 23.9 Å². The smallest absolute Gasteiger partial charge is 0.337 e. The van der Waals surface area contributed by atoms with Crippen LogP contribution in [0.15, 0.2) is 65.4 Å². The van der Waals surface area contributed by atoms with Gasteiger partial charge in [0.2, 0.25) is 0 Å². The van der Waals surface area contributed by atoms with E-state index in [0.717, 1.165) is 11.1 Å². The Bertz CT molecular complexity index is 1280. The van der Waals surface area contributed by atoms with Crippen LogP contribution in [-0.2, 0) is 25.6 Å². The highest BCUT2D eigenvalue weighted by Crippen LogP contribution is 2.46. The molecule has 0 N–H and O–H groups in total. The van der Waals surface area contributed by atoms with E-state index in [-0.39, 0.29) is 48.0 Å². The van der Waals surface area contributed by atoms with Crippen LogP contribution < -0.4 is 0 Å². The predicted molar refractivity (Wildman–Crippen MR) is 124 cm³/mol. The van der Waals surface area contributed by atoms with Gasteiger partial charge in [0.1, 0.15) is 11.8 Å². The molecule has 0 radical (unpaired) electrons. The van der Waals surface area contributed by atoms with Gasteiger partial charge in [0, 0.05) is 17.7 Å². The van der Waals surface area contributed by atoms with Crippen molar-refractivity contribution in [2.45, 2.75) is 33.4 Å². The Hall–Kier alpha value is -4.18. The van der Waals surface area contributed by atoms with Crippen molar-refractivity contribution in [2.75, 3.05) is 13.2 Å². The highest BCUT2D eigenvalue weighted by atomic mass is 16.5. The maximum absolute atomic E-state index is 13.4. The summed E-state index contributed by atoms with van der Waals surface area (Å²) in [5, 5.41) is 10.2. The molecule has 7 nitrogen and oxygen atoms in total. The number of Topliss-reactive ketones (excluding diaryl/α,β-unsaturated/α-hetero) is 1. The summed E-state index contributed by atoms with van der Waals surface area (Å²) in [7, 11) is 0. The van der Waals surface area contributed by atoms with E-state index in [1.165, 1.54) is 4.90 Å². The SMILES string of the molecule is CCOC(=O)C1=C2C(=C(C#N)N(Cc3ccc(C)cc3)C1C(=O)OCC)C(=O)c1ccccc12. The van der Waals surface area contributed by atoms with Crippen LogP contribution >= 0.6 is 0 Å². The van der Waals surface area contributed by atoms with Crippen LogP contribution in [0.1, 0.15) is 40.9 Å². The molecule has 1 heterocycles. The van der Waals surface area contributed by atoms with E-state index < -0.39 is 18.0 Å². The number of fused-ring (bicyclic) bond motifs is 3. The minimum atomic E-state index is -1.24. The number of nitriles is 1. The molecule has 0 fully saturated rings. The number of hydrogen-bond donors (Lipinski definition) is 0. The van der Waals surface area contributed by atoms with Crippen LogP contribution in [0, 0.1) is 18.3 Å². The van der Waals surface area contributed by atoms with Crippen molar-refractivity contribution in [1.82, 2.24) is 4.90 Å². The molecule has 1 unspecified atom stereocenters. The monoisotopic (exact) mass is 456 g/mol. The number of nitrogens with zero attached hydrogens (tertiary/aromatic N) is 2. The van der Waals surface area contributed by atoms with Crippen LogP contribution in [0.25, 0.3) is 5.57 Å². The first-order valence-electron chi connectivity index (χ1n) is 11.1. The highest BCUT2D eigenvalue weighted by molar-refractivity contribution is 6.31. The second kappa shape index (κ2) is 9.36. The Balaban J connectivity index is 2.01. The third-order valence-corrected chi connectivity index (χ3v) is 5.88. The number of aryl methyl sites for hydroxylation is 1. The maximum Gasteiger partial charge on any atom is 0.337 e. The average molecular weight is 456 g/mol. The number of carbonyl (C=O) groups is 3. The molecule has 1 atom stereocenters. The molecule has 34 heavy (non-hydrogen) atoms. The van der Waals surface area contributed by atoms with Crippen molar-refractivity contribution in [3.8, 4) is 6.07 Å². The number of esters is 2. The fraction of sp³-hybridized carbons (Fsp3) is 0.259. The van der Waals surface area contributed by atoms with Gasteiger partial charge in [-0.25, -0.2) is 9.59 Å². The normalized spacial score (nSPS) is 16.7. The number of benzene rings is 2. The zero-order chi connectivity index (χ0) is 24.4. The number of carbonyl (C=O) groups excluding carboxylic acids is 3. The maximum atomic E-state index is 13.4. The van der Waals surface area contributed by atoms with Crippen molar-refractivity contribution in [2.24, 2.45) is 0 Å². The number of ketones is 1. The summed E-state index contributed by atoms with van der Waals surface area (Å²) in [6.07, 6.45) is 0. The first kappa shape index (κ1) is 23.0. The van der Waals surface area contributed by atoms with Crippen LogP contribution in [0.4, 0.5) is 0 Å². The highest BCUT2D eigenvalue weighted by Gasteiger charge is 2.49. The molecular formula is C27H24N2O5. The molecule has 1 aliphatic heterocycles. The number of ether oxygens (including phenoxy) is 2. The van der Waals surface area contributed by atoms with Crippen LogP contribution in [0.2, 0.25) is 0 Å². The molecule has 0 amide bonds. The van der Waals surface area contributed by atoms with Gasteiger partial charge in [-0.15, -0.1) is 0 Å². The topological polar surface area (TPSA) is 96.7 Å². The Labute approximate surface area is 197 Å². The Kier molecular flexibility index (Phi) is 6.33. The van der Waals surface area contributed by atoms with Crippen molar-refractivity contribution in [3.05, 3.63) is 87.6 Å². The summed E-state index contributed by atoms with van der Waals surface area (Å²) in [6.45, 7) is 5.59. The molecule has 2 aromatic rings. The van der Waals surface area contributed by atoms with E-state index >= 15 is 0 Å². The second-order valence-corrected chi connectivity index (χ2v) is 7.99. The van der Waals surface area contributed by atoms with E-state index in [2.05, 4.69) is 6.07 Å². The third kappa shape index (κ3) is 3.77. The van der Waals surface area contributed by atoms with Gasteiger partial charge in [-0.1, -0.05) is 54.1 Å². The largest absolute Gasteiger partial charge is 0.464 e. The molecule has 0 spiro atoms. The summed E-state index contributed by atoms with van der Waals surface area (Å²) in [4.78, 5) is 41.5. The van der Waals surface area contributed by atoms with Gasteiger partial charge >= 0.3 is 11.9 Å². The van der Waals surface area contributed by atoms with Crippen LogP contribution in [0.5, 0.6) is 0 Å². The summed E-state index contributed by atoms with van der Waals surface area (Å²) < 4.78 is 10.7. The first-order chi connectivity index (χ1) is 16.4. The molecule has 172 valence electrons. The average Bonchev–Trinajstić information content (AvgIpc) is 3.12. The van der Waals surface area contributed by atoms with Gasteiger partial charge in [0.25, 0.3) is 0 Å². The predicted octanol–water partition coefficient (Wildman–Crippen LogP) is 3.73. The summed E-state index contributed by atoms with van der Waals surface area (Å²) in [5.74, 6) is -1.77. The standard InChI is InChI=1S/C27H24N2O5/c1-4-33-26(31)23-21-18-8-6-7-9-19(18)25(30)22(21)20(14-28)29(24(23)27(32)34-5-2)15-17-12-10-16(3)11-13-17/h6-13,24H,4-5,15H2,1-3H3. The number of hydrogen-bond acceptors (Lipinski definition) is 7. The Morgan fingerprint density at radius 3 is 2.24 bits per heavy atom. The lowest BCUT2D eigenvalue weighted by Crippen LogP contribution is -2.47. The van der Waals surface area contributed by atoms with Crippen molar-refractivity contribution in [1.29, 1.82) is 5.26 Å². The van der Waals surface area contributed by atoms with E-state index in [1.807, 2.05) is 31.2 Å². The lowest BCUT2D eigenvalue weighted by molar-refractivity contribution is -0.151. The summed E-state index contributed by atoms with van der Waals surface area (Å²) in [5.41, 5.74) is 3.17. The molecule has 1 aliphatic carbocycles. The summed E-state index contributed by atoms with van der Waals surface area (Å²) in [6, 6.07) is 15.3. The fourth-order valence-electron chi connectivity index (χ4n) is 4.42. The van der Waals surface area contributed by atoms with E-state index in [0.29, 0.717) is 11.1 Å². The minimum Gasteiger partial charge on any atom is -0.464 e. The van der Waals surface area contributed by atoms with Crippen LogP contribution in [0.3, 0.4) is 0 Å². The Morgan fingerprint density at radius 2 is 1.62 bits per heavy atom. The molecular weight excluding hydrogens is 432 g/mol. The van der Waals surface area contributed by atoms with Gasteiger partial charge in [-0.3, -0.25) is 4.79 Å². The first-order valence-corrected chi connectivity index (χ1v) is 11.1. The zero-order valence-corrected chi connectivity index (χ0v) is 19.3. The van der Waals surface area contributed by atoms with Crippen molar-refractivity contribution in [3.63, 3.8) is 0 Å². The second-order valence-electron chi connectivity index (χ2n) is 7.99. The van der Waals surface area contributed by atoms with Crippen molar-refractivity contribution >= 4 is 23.3 Å². The molecule has 0 saturated carbocycles.